The molecule has 1 N–H and O–H groups in total. The molecule has 0 radical (unpaired) electrons. The van der Waals surface area contributed by atoms with Gasteiger partial charge in [-0.15, -0.1) is 10.2 Å². The first-order valence-corrected chi connectivity index (χ1v) is 8.77. The first kappa shape index (κ1) is 17.0. The Kier molecular flexibility index (Phi) is 6.03. The van der Waals surface area contributed by atoms with E-state index in [0.717, 1.165) is 19.3 Å². The largest absolute Gasteiger partial charge is 0.416 e. The molecule has 1 aromatic heterocycles. The van der Waals surface area contributed by atoms with Crippen molar-refractivity contribution < 1.29 is 9.52 Å². The number of aliphatic hydroxyl groups is 1. The first-order chi connectivity index (χ1) is 10.6. The average molecular weight is 320 g/mol. The fourth-order valence-corrected chi connectivity index (χ4v) is 3.24. The third kappa shape index (κ3) is 4.58. The van der Waals surface area contributed by atoms with Gasteiger partial charge in [0.1, 0.15) is 0 Å². The van der Waals surface area contributed by atoms with Gasteiger partial charge >= 0.3 is 0 Å². The number of hydrogen-bond acceptors (Lipinski definition) is 5. The van der Waals surface area contributed by atoms with E-state index in [2.05, 4.69) is 29.3 Å². The summed E-state index contributed by atoms with van der Waals surface area (Å²) < 4.78 is 5.69. The molecule has 2 aromatic rings. The summed E-state index contributed by atoms with van der Waals surface area (Å²) in [5.74, 6) is 1.56. The van der Waals surface area contributed by atoms with Gasteiger partial charge in [-0.25, -0.2) is 0 Å². The highest BCUT2D eigenvalue weighted by Crippen LogP contribution is 2.27. The Bertz CT molecular complexity index is 567. The number of nitrogens with zero attached hydrogens (tertiary/aromatic N) is 2. The molecule has 120 valence electrons. The van der Waals surface area contributed by atoms with Crippen LogP contribution in [0.2, 0.25) is 0 Å². The highest BCUT2D eigenvalue weighted by molar-refractivity contribution is 7.99. The lowest BCUT2D eigenvalue weighted by molar-refractivity contribution is 0.0569. The van der Waals surface area contributed by atoms with Gasteiger partial charge in [0.25, 0.3) is 5.22 Å². The summed E-state index contributed by atoms with van der Waals surface area (Å²) in [4.78, 5) is 0. The summed E-state index contributed by atoms with van der Waals surface area (Å²) in [6.07, 6.45) is 2.18. The lowest BCUT2D eigenvalue weighted by atomic mass is 9.98. The van der Waals surface area contributed by atoms with Crippen molar-refractivity contribution in [1.82, 2.24) is 10.2 Å². The maximum absolute atomic E-state index is 10.3. The fourth-order valence-electron chi connectivity index (χ4n) is 2.19. The van der Waals surface area contributed by atoms with Crippen LogP contribution in [-0.4, -0.2) is 26.7 Å². The molecular formula is C17H24N2O2S. The highest BCUT2D eigenvalue weighted by Gasteiger charge is 2.23. The second kappa shape index (κ2) is 7.79. The lowest BCUT2D eigenvalue weighted by Gasteiger charge is -2.23. The molecule has 0 fully saturated rings. The quantitative estimate of drug-likeness (QED) is 0.743. The third-order valence-corrected chi connectivity index (χ3v) is 5.17. The Hall–Kier alpha value is -1.33. The van der Waals surface area contributed by atoms with Crippen molar-refractivity contribution in [2.45, 2.75) is 56.8 Å². The van der Waals surface area contributed by atoms with Gasteiger partial charge < -0.3 is 9.52 Å². The van der Waals surface area contributed by atoms with Gasteiger partial charge in [-0.05, 0) is 24.3 Å². The van der Waals surface area contributed by atoms with Crippen molar-refractivity contribution in [2.75, 3.05) is 5.75 Å². The summed E-state index contributed by atoms with van der Waals surface area (Å²) in [6, 6.07) is 10.3. The van der Waals surface area contributed by atoms with Gasteiger partial charge in [-0.2, -0.15) is 0 Å². The SMILES string of the molecule is CCC(O)(CC)CSc1nnc(CC(C)c2ccccc2)o1. The molecule has 0 aliphatic rings. The van der Waals surface area contributed by atoms with Crippen molar-refractivity contribution in [3.8, 4) is 0 Å². The van der Waals surface area contributed by atoms with Crippen molar-refractivity contribution in [3.63, 3.8) is 0 Å². The van der Waals surface area contributed by atoms with E-state index >= 15 is 0 Å². The second-order valence-electron chi connectivity index (χ2n) is 5.70. The molecule has 0 bridgehead atoms. The van der Waals surface area contributed by atoms with Crippen LogP contribution in [0.5, 0.6) is 0 Å². The van der Waals surface area contributed by atoms with Gasteiger partial charge in [-0.1, -0.05) is 62.9 Å². The van der Waals surface area contributed by atoms with Crippen molar-refractivity contribution in [2.24, 2.45) is 0 Å². The molecular weight excluding hydrogens is 296 g/mol. The third-order valence-electron chi connectivity index (χ3n) is 4.08. The Morgan fingerprint density at radius 3 is 2.50 bits per heavy atom. The van der Waals surface area contributed by atoms with Crippen LogP contribution >= 0.6 is 11.8 Å². The normalized spacial score (nSPS) is 13.3. The molecule has 2 rings (SSSR count). The van der Waals surface area contributed by atoms with Crippen LogP contribution in [0.3, 0.4) is 0 Å². The van der Waals surface area contributed by atoms with E-state index in [1.807, 2.05) is 32.0 Å². The molecule has 1 aromatic carbocycles. The smallest absolute Gasteiger partial charge is 0.276 e. The van der Waals surface area contributed by atoms with Crippen LogP contribution in [0.4, 0.5) is 0 Å². The molecule has 0 saturated heterocycles. The van der Waals surface area contributed by atoms with Gasteiger partial charge in [0, 0.05) is 12.2 Å². The molecule has 1 atom stereocenters. The number of benzene rings is 1. The molecule has 0 spiro atoms. The standard InChI is InChI=1S/C17H24N2O2S/c1-4-17(20,5-2)12-22-16-19-18-15(21-16)11-13(3)14-9-7-6-8-10-14/h6-10,13,20H,4-5,11-12H2,1-3H3. The minimum Gasteiger partial charge on any atom is -0.416 e. The molecule has 0 saturated carbocycles. The zero-order valence-electron chi connectivity index (χ0n) is 13.5. The number of rotatable bonds is 8. The number of aromatic nitrogens is 2. The zero-order chi connectivity index (χ0) is 16.0. The topological polar surface area (TPSA) is 59.2 Å². The lowest BCUT2D eigenvalue weighted by Crippen LogP contribution is -2.29. The van der Waals surface area contributed by atoms with Crippen LogP contribution < -0.4 is 0 Å². The van der Waals surface area contributed by atoms with Crippen molar-refractivity contribution in [3.05, 3.63) is 41.8 Å². The summed E-state index contributed by atoms with van der Waals surface area (Å²) in [6.45, 7) is 6.13. The van der Waals surface area contributed by atoms with Crippen LogP contribution in [0.25, 0.3) is 0 Å². The first-order valence-electron chi connectivity index (χ1n) is 7.79. The Labute approximate surface area is 136 Å². The van der Waals surface area contributed by atoms with Gasteiger partial charge in [0.15, 0.2) is 0 Å². The zero-order valence-corrected chi connectivity index (χ0v) is 14.3. The van der Waals surface area contributed by atoms with E-state index in [4.69, 9.17) is 4.42 Å². The maximum atomic E-state index is 10.3. The summed E-state index contributed by atoms with van der Waals surface area (Å²) in [5, 5.41) is 19.0. The van der Waals surface area contributed by atoms with Crippen LogP contribution in [0.15, 0.2) is 40.0 Å². The average Bonchev–Trinajstić information content (AvgIpc) is 3.01. The van der Waals surface area contributed by atoms with E-state index in [-0.39, 0.29) is 0 Å². The monoisotopic (exact) mass is 320 g/mol. The maximum Gasteiger partial charge on any atom is 0.276 e. The van der Waals surface area contributed by atoms with E-state index < -0.39 is 5.60 Å². The second-order valence-corrected chi connectivity index (χ2v) is 6.62. The van der Waals surface area contributed by atoms with Crippen LogP contribution in [0, 0.1) is 0 Å². The summed E-state index contributed by atoms with van der Waals surface area (Å²) in [5.41, 5.74) is 0.609. The summed E-state index contributed by atoms with van der Waals surface area (Å²) in [7, 11) is 0. The molecule has 4 nitrogen and oxygen atoms in total. The van der Waals surface area contributed by atoms with Crippen molar-refractivity contribution in [1.29, 1.82) is 0 Å². The minimum atomic E-state index is -0.656. The highest BCUT2D eigenvalue weighted by atomic mass is 32.2. The van der Waals surface area contributed by atoms with Crippen LogP contribution in [-0.2, 0) is 6.42 Å². The number of hydrogen-bond donors (Lipinski definition) is 1. The van der Waals surface area contributed by atoms with E-state index in [1.54, 1.807) is 0 Å². The van der Waals surface area contributed by atoms with Gasteiger partial charge in [-0.3, -0.25) is 0 Å². The molecule has 22 heavy (non-hydrogen) atoms. The molecule has 0 aliphatic heterocycles. The van der Waals surface area contributed by atoms with E-state index in [1.165, 1.54) is 17.3 Å². The van der Waals surface area contributed by atoms with Gasteiger partial charge in [0.2, 0.25) is 5.89 Å². The minimum absolute atomic E-state index is 0.336. The fraction of sp³-hybridized carbons (Fsp3) is 0.529. The molecule has 0 amide bonds. The summed E-state index contributed by atoms with van der Waals surface area (Å²) >= 11 is 1.43. The van der Waals surface area contributed by atoms with Gasteiger partial charge in [0.05, 0.1) is 5.60 Å². The Morgan fingerprint density at radius 2 is 1.86 bits per heavy atom. The molecule has 0 aliphatic carbocycles. The van der Waals surface area contributed by atoms with Crippen molar-refractivity contribution >= 4 is 11.8 Å². The van der Waals surface area contributed by atoms with Crippen LogP contribution in [0.1, 0.15) is 51.0 Å². The van der Waals surface area contributed by atoms with E-state index in [0.29, 0.717) is 22.8 Å². The molecule has 5 heteroatoms. The number of thioether (sulfide) groups is 1. The van der Waals surface area contributed by atoms with E-state index in [9.17, 15) is 5.11 Å². The molecule has 1 unspecified atom stereocenters. The Balaban J connectivity index is 1.91. The predicted molar refractivity (Wildman–Crippen MR) is 89.1 cm³/mol. The predicted octanol–water partition coefficient (Wildman–Crippen LogP) is 4.06. The molecule has 1 heterocycles. The Morgan fingerprint density at radius 1 is 1.18 bits per heavy atom.